The molecule has 20 heavy (non-hydrogen) atoms. The van der Waals surface area contributed by atoms with E-state index in [0.717, 1.165) is 5.69 Å². The molecule has 0 saturated carbocycles. The Morgan fingerprint density at radius 1 is 1.35 bits per heavy atom. The summed E-state index contributed by atoms with van der Waals surface area (Å²) in [5.41, 5.74) is 0.732. The Morgan fingerprint density at radius 3 is 2.75 bits per heavy atom. The molecule has 1 aromatic heterocycles. The number of nitrogens with one attached hydrogen (secondary N) is 1. The molecule has 1 N–H and O–H groups in total. The fourth-order valence-electron chi connectivity index (χ4n) is 1.43. The van der Waals surface area contributed by atoms with Gasteiger partial charge in [0.1, 0.15) is 0 Å². The minimum absolute atomic E-state index is 0.0601. The molecule has 0 aliphatic carbocycles. The zero-order valence-corrected chi connectivity index (χ0v) is 12.5. The third kappa shape index (κ3) is 4.54. The molecular formula is C13H14ClN3O2S. The lowest BCUT2D eigenvalue weighted by Gasteiger charge is -2.04. The van der Waals surface area contributed by atoms with Crippen LogP contribution in [0.5, 0.6) is 0 Å². The Kier molecular flexibility index (Phi) is 5.43. The average molecular weight is 312 g/mol. The van der Waals surface area contributed by atoms with E-state index in [4.69, 9.17) is 16.0 Å². The predicted octanol–water partition coefficient (Wildman–Crippen LogP) is 3.41. The molecule has 2 rings (SSSR count). The second kappa shape index (κ2) is 7.31. The molecule has 0 aliphatic rings. The van der Waals surface area contributed by atoms with E-state index in [0.29, 0.717) is 34.7 Å². The molecule has 5 nitrogen and oxygen atoms in total. The van der Waals surface area contributed by atoms with E-state index < -0.39 is 0 Å². The van der Waals surface area contributed by atoms with Gasteiger partial charge in [0.05, 0.1) is 0 Å². The molecule has 0 spiro atoms. The number of anilines is 1. The van der Waals surface area contributed by atoms with Crippen LogP contribution in [0.1, 0.15) is 19.2 Å². The molecule has 2 aromatic rings. The number of hydrogen-bond acceptors (Lipinski definition) is 5. The highest BCUT2D eigenvalue weighted by atomic mass is 35.5. The van der Waals surface area contributed by atoms with E-state index in [-0.39, 0.29) is 5.91 Å². The van der Waals surface area contributed by atoms with Gasteiger partial charge in [-0.15, -0.1) is 10.2 Å². The van der Waals surface area contributed by atoms with E-state index in [9.17, 15) is 4.79 Å². The van der Waals surface area contributed by atoms with Crippen molar-refractivity contribution in [3.05, 3.63) is 35.2 Å². The van der Waals surface area contributed by atoms with Crippen molar-refractivity contribution in [2.45, 2.75) is 25.0 Å². The van der Waals surface area contributed by atoms with Crippen LogP contribution in [-0.4, -0.2) is 21.9 Å². The minimum atomic E-state index is -0.0601. The monoisotopic (exact) mass is 311 g/mol. The molecular weight excluding hydrogens is 298 g/mol. The summed E-state index contributed by atoms with van der Waals surface area (Å²) in [6.45, 7) is 1.95. The maximum Gasteiger partial charge on any atom is 0.276 e. The van der Waals surface area contributed by atoms with Crippen LogP contribution in [0.2, 0.25) is 5.02 Å². The van der Waals surface area contributed by atoms with Gasteiger partial charge in [-0.3, -0.25) is 4.79 Å². The van der Waals surface area contributed by atoms with Crippen molar-refractivity contribution in [2.75, 3.05) is 11.1 Å². The van der Waals surface area contributed by atoms with Crippen LogP contribution in [0, 0.1) is 0 Å². The lowest BCUT2D eigenvalue weighted by molar-refractivity contribution is -0.115. The number of hydrogen-bond donors (Lipinski definition) is 1. The number of rotatable bonds is 6. The van der Waals surface area contributed by atoms with Crippen LogP contribution < -0.4 is 5.32 Å². The quantitative estimate of drug-likeness (QED) is 0.828. The van der Waals surface area contributed by atoms with Gasteiger partial charge in [-0.25, -0.2) is 0 Å². The van der Waals surface area contributed by atoms with Gasteiger partial charge in [0.15, 0.2) is 0 Å². The van der Waals surface area contributed by atoms with Crippen LogP contribution in [0.4, 0.5) is 5.69 Å². The maximum atomic E-state index is 11.7. The number of carbonyl (C=O) groups is 1. The van der Waals surface area contributed by atoms with Gasteiger partial charge < -0.3 is 9.73 Å². The van der Waals surface area contributed by atoms with Gasteiger partial charge >= 0.3 is 0 Å². The molecule has 0 atom stereocenters. The summed E-state index contributed by atoms with van der Waals surface area (Å²) >= 11 is 7.15. The largest absolute Gasteiger partial charge is 0.416 e. The maximum absolute atomic E-state index is 11.7. The number of nitrogens with zero attached hydrogens (tertiary/aromatic N) is 2. The first-order valence-electron chi connectivity index (χ1n) is 6.18. The van der Waals surface area contributed by atoms with Crippen molar-refractivity contribution >= 4 is 35.0 Å². The number of halogens is 1. The number of aryl methyl sites for hydroxylation is 1. The summed E-state index contributed by atoms with van der Waals surface area (Å²) in [5, 5.41) is 11.7. The lowest BCUT2D eigenvalue weighted by Crippen LogP contribution is -2.11. The molecule has 1 aromatic carbocycles. The summed E-state index contributed by atoms with van der Waals surface area (Å²) < 4.78 is 5.34. The van der Waals surface area contributed by atoms with Crippen molar-refractivity contribution in [3.8, 4) is 0 Å². The predicted molar refractivity (Wildman–Crippen MR) is 79.1 cm³/mol. The Bertz CT molecular complexity index is 571. The Hall–Kier alpha value is -1.53. The Labute approximate surface area is 126 Å². The summed E-state index contributed by atoms with van der Waals surface area (Å²) in [5.74, 6) is 1.14. The number of amides is 1. The highest BCUT2D eigenvalue weighted by Crippen LogP contribution is 2.18. The first-order chi connectivity index (χ1) is 9.67. The number of thioether (sulfide) groups is 1. The fraction of sp³-hybridized carbons (Fsp3) is 0.308. The van der Waals surface area contributed by atoms with Gasteiger partial charge in [-0.1, -0.05) is 30.3 Å². The van der Waals surface area contributed by atoms with Crippen LogP contribution >= 0.6 is 23.4 Å². The summed E-state index contributed by atoms with van der Waals surface area (Å²) in [6.07, 6.45) is 1.09. The zero-order chi connectivity index (χ0) is 14.4. The zero-order valence-electron chi connectivity index (χ0n) is 10.9. The molecule has 0 bridgehead atoms. The summed E-state index contributed by atoms with van der Waals surface area (Å²) in [6, 6.07) is 6.99. The van der Waals surface area contributed by atoms with Gasteiger partial charge in [0.2, 0.25) is 11.8 Å². The minimum Gasteiger partial charge on any atom is -0.416 e. The average Bonchev–Trinajstić information content (AvgIpc) is 2.89. The van der Waals surface area contributed by atoms with Crippen LogP contribution in [0.25, 0.3) is 0 Å². The standard InChI is InChI=1S/C13H14ClN3O2S/c1-2-12-16-17-13(19-12)20-8-7-11(18)15-10-5-3-9(14)4-6-10/h3-6H,2,7-8H2,1H3,(H,15,18). The fourth-order valence-corrected chi connectivity index (χ4v) is 2.27. The number of benzene rings is 1. The molecule has 0 fully saturated rings. The molecule has 1 amide bonds. The van der Waals surface area contributed by atoms with Crippen LogP contribution in [0.15, 0.2) is 33.9 Å². The Morgan fingerprint density at radius 2 is 2.10 bits per heavy atom. The van der Waals surface area contributed by atoms with Gasteiger partial charge in [0, 0.05) is 29.3 Å². The van der Waals surface area contributed by atoms with E-state index in [1.54, 1.807) is 24.3 Å². The van der Waals surface area contributed by atoms with E-state index in [1.807, 2.05) is 6.92 Å². The number of carbonyl (C=O) groups excluding carboxylic acids is 1. The van der Waals surface area contributed by atoms with E-state index >= 15 is 0 Å². The van der Waals surface area contributed by atoms with Crippen molar-refractivity contribution in [1.82, 2.24) is 10.2 Å². The van der Waals surface area contributed by atoms with Crippen molar-refractivity contribution < 1.29 is 9.21 Å². The smallest absolute Gasteiger partial charge is 0.276 e. The van der Waals surface area contributed by atoms with E-state index in [1.165, 1.54) is 11.8 Å². The van der Waals surface area contributed by atoms with Gasteiger partial charge in [-0.2, -0.15) is 0 Å². The Balaban J connectivity index is 1.73. The highest BCUT2D eigenvalue weighted by molar-refractivity contribution is 7.99. The summed E-state index contributed by atoms with van der Waals surface area (Å²) in [7, 11) is 0. The molecule has 0 aliphatic heterocycles. The molecule has 106 valence electrons. The molecule has 0 saturated heterocycles. The number of aromatic nitrogens is 2. The van der Waals surface area contributed by atoms with Crippen LogP contribution in [-0.2, 0) is 11.2 Å². The topological polar surface area (TPSA) is 68.0 Å². The van der Waals surface area contributed by atoms with Gasteiger partial charge in [-0.05, 0) is 24.3 Å². The van der Waals surface area contributed by atoms with E-state index in [2.05, 4.69) is 15.5 Å². The van der Waals surface area contributed by atoms with Crippen molar-refractivity contribution in [2.24, 2.45) is 0 Å². The van der Waals surface area contributed by atoms with Gasteiger partial charge in [0.25, 0.3) is 5.22 Å². The third-order valence-electron chi connectivity index (χ3n) is 2.43. The molecule has 0 radical (unpaired) electrons. The lowest BCUT2D eigenvalue weighted by atomic mass is 10.3. The third-order valence-corrected chi connectivity index (χ3v) is 3.51. The second-order valence-corrected chi connectivity index (χ2v) is 5.45. The van der Waals surface area contributed by atoms with Crippen molar-refractivity contribution in [1.29, 1.82) is 0 Å². The normalized spacial score (nSPS) is 10.5. The SMILES string of the molecule is CCc1nnc(SCCC(=O)Nc2ccc(Cl)cc2)o1. The highest BCUT2D eigenvalue weighted by Gasteiger charge is 2.07. The van der Waals surface area contributed by atoms with Crippen molar-refractivity contribution in [3.63, 3.8) is 0 Å². The van der Waals surface area contributed by atoms with Crippen LogP contribution in [0.3, 0.4) is 0 Å². The summed E-state index contributed by atoms with van der Waals surface area (Å²) in [4.78, 5) is 11.7. The first kappa shape index (κ1) is 14.9. The molecule has 1 heterocycles. The molecule has 0 unspecified atom stereocenters. The second-order valence-electron chi connectivity index (χ2n) is 3.97. The first-order valence-corrected chi connectivity index (χ1v) is 7.54. The molecule has 7 heteroatoms.